The Hall–Kier alpha value is -2.82. The van der Waals surface area contributed by atoms with Crippen molar-refractivity contribution in [1.82, 2.24) is 0 Å². The van der Waals surface area contributed by atoms with Gasteiger partial charge in [-0.3, -0.25) is 0 Å². The van der Waals surface area contributed by atoms with E-state index in [1.165, 1.54) is 0 Å². The first-order valence-electron chi connectivity index (χ1n) is 7.06. The van der Waals surface area contributed by atoms with Gasteiger partial charge in [0.25, 0.3) is 0 Å². The van der Waals surface area contributed by atoms with E-state index < -0.39 is 0 Å². The maximum atomic E-state index is 10.4. The minimum atomic E-state index is 0. The van der Waals surface area contributed by atoms with Gasteiger partial charge in [0.2, 0.25) is 0 Å². The van der Waals surface area contributed by atoms with Crippen molar-refractivity contribution in [2.45, 2.75) is 7.43 Å². The Morgan fingerprint density at radius 1 is 0.583 bits per heavy atom. The van der Waals surface area contributed by atoms with Crippen LogP contribution >= 0.6 is 0 Å². The molecule has 0 aliphatic carbocycles. The molecule has 0 amide bonds. The minimum absolute atomic E-state index is 0. The predicted molar refractivity (Wildman–Crippen MR) is 96.1 cm³/mol. The number of fused-ring (bicyclic) bond motifs is 3. The van der Waals surface area contributed by atoms with Gasteiger partial charge in [0.15, 0.2) is 23.0 Å². The van der Waals surface area contributed by atoms with E-state index in [1.807, 2.05) is 18.2 Å². The summed E-state index contributed by atoms with van der Waals surface area (Å²) in [6.45, 7) is 0. The highest BCUT2D eigenvalue weighted by molar-refractivity contribution is 6.12. The number of hydrogen-bond acceptors (Lipinski definition) is 5. The molecule has 0 spiro atoms. The molecule has 0 aliphatic rings. The van der Waals surface area contributed by atoms with Crippen LogP contribution in [-0.2, 0) is 0 Å². The highest BCUT2D eigenvalue weighted by atomic mass is 16.5. The lowest BCUT2D eigenvalue weighted by molar-refractivity contribution is 0.355. The zero-order valence-corrected chi connectivity index (χ0v) is 13.5. The molecule has 0 heterocycles. The summed E-state index contributed by atoms with van der Waals surface area (Å²) in [7, 11) is 6.32. The third kappa shape index (κ3) is 2.62. The number of phenolic OH excluding ortho intramolecular Hbond substituents is 1. The Balaban J connectivity index is 0.00000208. The molecule has 5 nitrogen and oxygen atoms in total. The maximum Gasteiger partial charge on any atom is 0.161 e. The van der Waals surface area contributed by atoms with Crippen molar-refractivity contribution < 1.29 is 24.1 Å². The topological polar surface area (TPSA) is 57.2 Å². The van der Waals surface area contributed by atoms with Crippen LogP contribution in [0.5, 0.6) is 28.7 Å². The van der Waals surface area contributed by atoms with Crippen LogP contribution in [-0.4, -0.2) is 33.5 Å². The van der Waals surface area contributed by atoms with E-state index in [2.05, 4.69) is 0 Å². The third-order valence-corrected chi connectivity index (χ3v) is 3.94. The summed E-state index contributed by atoms with van der Waals surface area (Å²) in [6, 6.07) is 9.04. The van der Waals surface area contributed by atoms with E-state index >= 15 is 0 Å². The molecule has 0 saturated heterocycles. The Morgan fingerprint density at radius 3 is 1.50 bits per heavy atom. The number of hydrogen-bond donors (Lipinski definition) is 1. The number of aromatic hydroxyl groups is 1. The van der Waals surface area contributed by atoms with Gasteiger partial charge < -0.3 is 24.1 Å². The quantitative estimate of drug-likeness (QED) is 0.720. The van der Waals surface area contributed by atoms with Gasteiger partial charge in [-0.1, -0.05) is 7.43 Å². The summed E-state index contributed by atoms with van der Waals surface area (Å²) in [5.41, 5.74) is 0. The van der Waals surface area contributed by atoms with Crippen molar-refractivity contribution in [3.63, 3.8) is 0 Å². The fraction of sp³-hybridized carbons (Fsp3) is 0.263. The van der Waals surface area contributed by atoms with Gasteiger partial charge in [0.1, 0.15) is 5.75 Å². The molecular formula is C19H22O5. The monoisotopic (exact) mass is 330 g/mol. The molecule has 24 heavy (non-hydrogen) atoms. The van der Waals surface area contributed by atoms with Crippen molar-refractivity contribution in [3.05, 3.63) is 30.3 Å². The van der Waals surface area contributed by atoms with E-state index in [9.17, 15) is 5.11 Å². The van der Waals surface area contributed by atoms with Gasteiger partial charge in [-0.15, -0.1) is 0 Å². The minimum Gasteiger partial charge on any atom is -0.507 e. The van der Waals surface area contributed by atoms with E-state index in [1.54, 1.807) is 40.6 Å². The molecule has 0 atom stereocenters. The van der Waals surface area contributed by atoms with Crippen LogP contribution in [0, 0.1) is 0 Å². The highest BCUT2D eigenvalue weighted by Gasteiger charge is 2.14. The number of benzene rings is 3. The van der Waals surface area contributed by atoms with Crippen molar-refractivity contribution in [2.75, 3.05) is 28.4 Å². The summed E-state index contributed by atoms with van der Waals surface area (Å²) < 4.78 is 21.4. The Bertz CT molecular complexity index is 886. The Morgan fingerprint density at radius 2 is 1.00 bits per heavy atom. The molecule has 5 heteroatoms. The van der Waals surface area contributed by atoms with Gasteiger partial charge >= 0.3 is 0 Å². The van der Waals surface area contributed by atoms with Crippen LogP contribution in [0.25, 0.3) is 21.5 Å². The van der Waals surface area contributed by atoms with Gasteiger partial charge in [-0.2, -0.15) is 0 Å². The van der Waals surface area contributed by atoms with E-state index in [4.69, 9.17) is 18.9 Å². The van der Waals surface area contributed by atoms with Crippen molar-refractivity contribution in [2.24, 2.45) is 0 Å². The molecular weight excluding hydrogens is 308 g/mol. The van der Waals surface area contributed by atoms with E-state index in [0.29, 0.717) is 28.4 Å². The van der Waals surface area contributed by atoms with Gasteiger partial charge in [0, 0.05) is 5.39 Å². The highest BCUT2D eigenvalue weighted by Crippen LogP contribution is 2.42. The summed E-state index contributed by atoms with van der Waals surface area (Å²) in [5.74, 6) is 2.57. The zero-order chi connectivity index (χ0) is 16.6. The smallest absolute Gasteiger partial charge is 0.161 e. The predicted octanol–water partition coefficient (Wildman–Crippen LogP) is 4.37. The summed E-state index contributed by atoms with van der Waals surface area (Å²) >= 11 is 0. The molecule has 0 unspecified atom stereocenters. The fourth-order valence-corrected chi connectivity index (χ4v) is 2.79. The molecule has 1 N–H and O–H groups in total. The standard InChI is InChI=1S/C18H18O5.CH4/c1-20-15-6-10-5-14(19)13-9-18(23-4)17(22-3)8-12(13)11(10)7-16(15)21-2;/h5-9,19H,1-4H3;1H4. The van der Waals surface area contributed by atoms with E-state index in [0.717, 1.165) is 16.2 Å². The average molecular weight is 330 g/mol. The SMILES string of the molecule is C.COc1cc2cc(O)c3cc(OC)c(OC)cc3c2cc1OC. The van der Waals surface area contributed by atoms with Crippen LogP contribution in [0.4, 0.5) is 0 Å². The second kappa shape index (κ2) is 6.74. The van der Waals surface area contributed by atoms with Crippen molar-refractivity contribution in [3.8, 4) is 28.7 Å². The van der Waals surface area contributed by atoms with Gasteiger partial charge in [-0.25, -0.2) is 0 Å². The van der Waals surface area contributed by atoms with E-state index in [-0.39, 0.29) is 13.2 Å². The van der Waals surface area contributed by atoms with Crippen LogP contribution in [0.1, 0.15) is 7.43 Å². The molecule has 0 aliphatic heterocycles. The lowest BCUT2D eigenvalue weighted by Crippen LogP contribution is -1.93. The van der Waals surface area contributed by atoms with Crippen molar-refractivity contribution >= 4 is 21.5 Å². The second-order valence-corrected chi connectivity index (χ2v) is 5.08. The number of methoxy groups -OCH3 is 4. The lowest BCUT2D eigenvalue weighted by Gasteiger charge is -2.14. The van der Waals surface area contributed by atoms with Crippen LogP contribution < -0.4 is 18.9 Å². The Labute approximate surface area is 141 Å². The molecule has 0 aromatic heterocycles. The summed E-state index contributed by atoms with van der Waals surface area (Å²) in [4.78, 5) is 0. The fourth-order valence-electron chi connectivity index (χ4n) is 2.79. The first kappa shape index (κ1) is 17.5. The first-order chi connectivity index (χ1) is 11.1. The van der Waals surface area contributed by atoms with Crippen molar-refractivity contribution in [1.29, 1.82) is 0 Å². The zero-order valence-electron chi connectivity index (χ0n) is 13.5. The molecule has 128 valence electrons. The molecule has 3 aromatic rings. The van der Waals surface area contributed by atoms with Crippen LogP contribution in [0.2, 0.25) is 0 Å². The molecule has 0 saturated carbocycles. The average Bonchev–Trinajstić information content (AvgIpc) is 2.59. The second-order valence-electron chi connectivity index (χ2n) is 5.08. The molecule has 0 bridgehead atoms. The molecule has 3 rings (SSSR count). The molecule has 0 fully saturated rings. The Kier molecular flexibility index (Phi) is 4.93. The molecule has 3 aromatic carbocycles. The first-order valence-corrected chi connectivity index (χ1v) is 7.06. The normalized spacial score (nSPS) is 10.3. The summed E-state index contributed by atoms with van der Waals surface area (Å²) in [5, 5.41) is 13.7. The largest absolute Gasteiger partial charge is 0.507 e. The molecule has 0 radical (unpaired) electrons. The maximum absolute atomic E-state index is 10.4. The lowest BCUT2D eigenvalue weighted by atomic mass is 9.99. The van der Waals surface area contributed by atoms with Crippen LogP contribution in [0.3, 0.4) is 0 Å². The number of ether oxygens (including phenoxy) is 4. The number of phenols is 1. The third-order valence-electron chi connectivity index (χ3n) is 3.94. The number of rotatable bonds is 4. The van der Waals surface area contributed by atoms with Gasteiger partial charge in [-0.05, 0) is 46.5 Å². The van der Waals surface area contributed by atoms with Crippen LogP contribution in [0.15, 0.2) is 30.3 Å². The summed E-state index contributed by atoms with van der Waals surface area (Å²) in [6.07, 6.45) is 0. The van der Waals surface area contributed by atoms with Gasteiger partial charge in [0.05, 0.1) is 28.4 Å².